The van der Waals surface area contributed by atoms with Gasteiger partial charge in [-0.05, 0) is 36.1 Å². The molecule has 1 aromatic carbocycles. The van der Waals surface area contributed by atoms with Gasteiger partial charge in [0.05, 0.1) is 35.9 Å². The number of aromatic amines is 1. The molecule has 2 aromatic rings. The minimum Gasteiger partial charge on any atom is -0.481 e. The molecule has 0 fully saturated rings. The number of hydrogen-bond acceptors (Lipinski definition) is 3. The van der Waals surface area contributed by atoms with E-state index in [2.05, 4.69) is 11.1 Å². The molecule has 1 unspecified atom stereocenters. The summed E-state index contributed by atoms with van der Waals surface area (Å²) in [5, 5.41) is 19.8. The van der Waals surface area contributed by atoms with Gasteiger partial charge in [0, 0.05) is 5.39 Å². The highest BCUT2D eigenvalue weighted by atomic mass is 16.5. The van der Waals surface area contributed by atoms with Crippen LogP contribution in [0.15, 0.2) is 35.9 Å². The van der Waals surface area contributed by atoms with E-state index < -0.39 is 11.6 Å². The molecule has 1 aromatic heterocycles. The van der Waals surface area contributed by atoms with Gasteiger partial charge in [0.1, 0.15) is 5.60 Å². The van der Waals surface area contributed by atoms with Crippen molar-refractivity contribution in [1.29, 1.82) is 5.26 Å². The zero-order valence-corrected chi connectivity index (χ0v) is 13.2. The number of allylic oxidation sites excluding steroid dienone is 2. The van der Waals surface area contributed by atoms with Crippen molar-refractivity contribution in [2.24, 2.45) is 0 Å². The van der Waals surface area contributed by atoms with Crippen LogP contribution in [0.3, 0.4) is 0 Å². The van der Waals surface area contributed by atoms with Crippen LogP contribution in [0.5, 0.6) is 0 Å². The molecule has 1 atom stereocenters. The summed E-state index contributed by atoms with van der Waals surface area (Å²) in [7, 11) is 0. The highest BCUT2D eigenvalue weighted by Gasteiger charge is 2.45. The average Bonchev–Trinajstić information content (AvgIpc) is 2.88. The van der Waals surface area contributed by atoms with E-state index >= 15 is 0 Å². The van der Waals surface area contributed by atoms with Crippen LogP contribution in [-0.4, -0.2) is 22.7 Å². The fourth-order valence-corrected chi connectivity index (χ4v) is 3.74. The molecule has 0 amide bonds. The van der Waals surface area contributed by atoms with Crippen LogP contribution in [0.25, 0.3) is 10.9 Å². The van der Waals surface area contributed by atoms with Crippen molar-refractivity contribution in [2.75, 3.05) is 6.61 Å². The SMILES string of the molecule is Cc1ccc(C#N)c2c3c([nH]c12)C(CC(=O)O)(C1=CC=C1)OCC3. The number of hydrogen-bond donors (Lipinski definition) is 2. The van der Waals surface area contributed by atoms with E-state index in [4.69, 9.17) is 4.74 Å². The molecule has 4 rings (SSSR count). The maximum atomic E-state index is 11.5. The van der Waals surface area contributed by atoms with Gasteiger partial charge in [0.25, 0.3) is 0 Å². The van der Waals surface area contributed by atoms with E-state index in [0.29, 0.717) is 18.6 Å². The highest BCUT2D eigenvalue weighted by Crippen LogP contribution is 2.46. The van der Waals surface area contributed by atoms with Crippen molar-refractivity contribution in [1.82, 2.24) is 4.98 Å². The Hall–Kier alpha value is -2.84. The van der Waals surface area contributed by atoms with Gasteiger partial charge in [-0.3, -0.25) is 4.79 Å². The lowest BCUT2D eigenvalue weighted by Gasteiger charge is -2.39. The minimum absolute atomic E-state index is 0.149. The second-order valence-corrected chi connectivity index (χ2v) is 6.25. The summed E-state index contributed by atoms with van der Waals surface area (Å²) in [6.07, 6.45) is 6.17. The van der Waals surface area contributed by atoms with Gasteiger partial charge >= 0.3 is 5.97 Å². The number of aromatic nitrogens is 1. The maximum absolute atomic E-state index is 11.5. The van der Waals surface area contributed by atoms with E-state index in [1.54, 1.807) is 0 Å². The molecule has 1 aliphatic heterocycles. The third kappa shape index (κ3) is 1.87. The fraction of sp³-hybridized carbons (Fsp3) is 0.263. The number of ether oxygens (including phenoxy) is 1. The third-order valence-corrected chi connectivity index (χ3v) is 4.91. The molecular weight excluding hydrogens is 304 g/mol. The van der Waals surface area contributed by atoms with E-state index in [9.17, 15) is 15.2 Å². The van der Waals surface area contributed by atoms with Crippen molar-refractivity contribution < 1.29 is 14.6 Å². The molecule has 1 aliphatic carbocycles. The number of nitrogens with zero attached hydrogens (tertiary/aromatic N) is 1. The minimum atomic E-state index is -1.01. The predicted molar refractivity (Wildman–Crippen MR) is 88.6 cm³/mol. The summed E-state index contributed by atoms with van der Waals surface area (Å²) in [5.41, 5.74) is 4.15. The van der Waals surface area contributed by atoms with Gasteiger partial charge in [-0.1, -0.05) is 24.3 Å². The van der Waals surface area contributed by atoms with E-state index in [1.807, 2.05) is 37.3 Å². The van der Waals surface area contributed by atoms with E-state index in [-0.39, 0.29) is 6.42 Å². The van der Waals surface area contributed by atoms with Gasteiger partial charge < -0.3 is 14.8 Å². The Balaban J connectivity index is 2.04. The zero-order chi connectivity index (χ0) is 16.9. The molecule has 0 saturated carbocycles. The Morgan fingerprint density at radius 3 is 2.92 bits per heavy atom. The summed E-state index contributed by atoms with van der Waals surface area (Å²) >= 11 is 0. The number of nitriles is 1. The van der Waals surface area contributed by atoms with E-state index in [1.165, 1.54) is 0 Å². The molecule has 0 bridgehead atoms. The first-order chi connectivity index (χ1) is 11.6. The number of benzene rings is 1. The standard InChI is InChI=1S/C19H16N2O3/c1-11-5-6-12(10-20)16-14-7-8-24-19(9-15(22)23,13-3-2-4-13)18(14)21-17(11)16/h2-6,21H,7-9H2,1H3,(H,22,23). The third-order valence-electron chi connectivity index (χ3n) is 4.91. The molecule has 120 valence electrons. The Kier molecular flexibility index (Phi) is 3.12. The topological polar surface area (TPSA) is 86.1 Å². The van der Waals surface area contributed by atoms with Crippen LogP contribution in [0.2, 0.25) is 0 Å². The highest BCUT2D eigenvalue weighted by molar-refractivity contribution is 5.93. The Morgan fingerprint density at radius 1 is 1.50 bits per heavy atom. The number of carbonyl (C=O) groups is 1. The molecular formula is C19H16N2O3. The van der Waals surface area contributed by atoms with Crippen LogP contribution in [0.1, 0.15) is 28.8 Å². The Morgan fingerprint density at radius 2 is 2.29 bits per heavy atom. The van der Waals surface area contributed by atoms with Crippen molar-refractivity contribution >= 4 is 16.9 Å². The predicted octanol–water partition coefficient (Wildman–Crippen LogP) is 3.09. The van der Waals surface area contributed by atoms with E-state index in [0.717, 1.165) is 33.3 Å². The molecule has 2 N–H and O–H groups in total. The van der Waals surface area contributed by atoms with Crippen LogP contribution >= 0.6 is 0 Å². The molecule has 2 aliphatic rings. The number of rotatable bonds is 3. The smallest absolute Gasteiger partial charge is 0.307 e. The van der Waals surface area contributed by atoms with Gasteiger partial charge in [-0.25, -0.2) is 0 Å². The number of nitrogens with one attached hydrogen (secondary N) is 1. The lowest BCUT2D eigenvalue weighted by atomic mass is 9.79. The lowest BCUT2D eigenvalue weighted by Crippen LogP contribution is -2.40. The summed E-state index contributed by atoms with van der Waals surface area (Å²) in [5.74, 6) is -0.917. The normalized spacial score (nSPS) is 21.8. The van der Waals surface area contributed by atoms with Crippen molar-refractivity contribution in [3.63, 3.8) is 0 Å². The number of carboxylic acid groups (broad SMARTS) is 1. The molecule has 5 heteroatoms. The fourth-order valence-electron chi connectivity index (χ4n) is 3.74. The Labute approximate surface area is 138 Å². The first-order valence-corrected chi connectivity index (χ1v) is 7.86. The van der Waals surface area contributed by atoms with Crippen LogP contribution in [0.4, 0.5) is 0 Å². The molecule has 0 spiro atoms. The van der Waals surface area contributed by atoms with Gasteiger partial charge in [-0.2, -0.15) is 5.26 Å². The average molecular weight is 320 g/mol. The van der Waals surface area contributed by atoms with Crippen molar-refractivity contribution in [3.05, 3.63) is 58.3 Å². The number of aliphatic carboxylic acids is 1. The Bertz CT molecular complexity index is 975. The molecule has 0 saturated heterocycles. The van der Waals surface area contributed by atoms with Crippen LogP contribution in [-0.2, 0) is 21.6 Å². The number of fused-ring (bicyclic) bond motifs is 3. The largest absolute Gasteiger partial charge is 0.481 e. The maximum Gasteiger partial charge on any atom is 0.307 e. The molecule has 2 heterocycles. The van der Waals surface area contributed by atoms with Crippen molar-refractivity contribution in [3.8, 4) is 6.07 Å². The summed E-state index contributed by atoms with van der Waals surface area (Å²) in [6.45, 7) is 2.41. The number of carboxylic acids is 1. The monoisotopic (exact) mass is 320 g/mol. The van der Waals surface area contributed by atoms with Crippen molar-refractivity contribution in [2.45, 2.75) is 25.4 Å². The van der Waals surface area contributed by atoms with Crippen LogP contribution in [0, 0.1) is 18.3 Å². The molecule has 5 nitrogen and oxygen atoms in total. The first-order valence-electron chi connectivity index (χ1n) is 7.86. The van der Waals surface area contributed by atoms with Crippen LogP contribution < -0.4 is 0 Å². The van der Waals surface area contributed by atoms with Gasteiger partial charge in [0.2, 0.25) is 0 Å². The second-order valence-electron chi connectivity index (χ2n) is 6.25. The summed E-state index contributed by atoms with van der Waals surface area (Å²) < 4.78 is 6.04. The second kappa shape index (κ2) is 5.08. The number of H-pyrrole nitrogens is 1. The summed E-state index contributed by atoms with van der Waals surface area (Å²) in [6, 6.07) is 5.98. The number of aryl methyl sites for hydroxylation is 1. The zero-order valence-electron chi connectivity index (χ0n) is 13.2. The quantitative estimate of drug-likeness (QED) is 0.910. The van der Waals surface area contributed by atoms with Gasteiger partial charge in [0.15, 0.2) is 0 Å². The first kappa shape index (κ1) is 14.7. The molecule has 0 radical (unpaired) electrons. The van der Waals surface area contributed by atoms with Gasteiger partial charge in [-0.15, -0.1) is 0 Å². The summed E-state index contributed by atoms with van der Waals surface area (Å²) in [4.78, 5) is 14.9. The molecule has 24 heavy (non-hydrogen) atoms. The lowest BCUT2D eigenvalue weighted by molar-refractivity contribution is -0.145.